The maximum Gasteiger partial charge on any atom is 0.168 e. The number of carbonyl (C=O) groups is 1. The summed E-state index contributed by atoms with van der Waals surface area (Å²) in [6, 6.07) is 3.33. The first-order valence-corrected chi connectivity index (χ1v) is 4.28. The van der Waals surface area contributed by atoms with Gasteiger partial charge >= 0.3 is 0 Å². The molecule has 1 aromatic rings. The van der Waals surface area contributed by atoms with Crippen LogP contribution < -0.4 is 0 Å². The van der Waals surface area contributed by atoms with Crippen molar-refractivity contribution in [2.75, 3.05) is 0 Å². The van der Waals surface area contributed by atoms with Crippen LogP contribution in [0.1, 0.15) is 25.0 Å². The molecule has 3 heteroatoms. The lowest BCUT2D eigenvalue weighted by atomic mass is 10.1. The van der Waals surface area contributed by atoms with Gasteiger partial charge in [-0.1, -0.05) is 0 Å². The molecule has 1 aromatic heterocycles. The summed E-state index contributed by atoms with van der Waals surface area (Å²) in [6.07, 6.45) is 3.51. The highest BCUT2D eigenvalue weighted by Crippen LogP contribution is 2.27. The third-order valence-electron chi connectivity index (χ3n) is 2.21. The van der Waals surface area contributed by atoms with Crippen LogP contribution in [0.15, 0.2) is 28.4 Å². The van der Waals surface area contributed by atoms with Crippen molar-refractivity contribution in [3.8, 4) is 0 Å². The van der Waals surface area contributed by atoms with Gasteiger partial charge in [0.1, 0.15) is 0 Å². The molecule has 0 bridgehead atoms. The molecule has 1 aliphatic rings. The minimum Gasteiger partial charge on any atom is -0.504 e. The van der Waals surface area contributed by atoms with Gasteiger partial charge in [-0.2, -0.15) is 0 Å². The van der Waals surface area contributed by atoms with Crippen LogP contribution in [0.25, 0.3) is 5.76 Å². The molecule has 1 N–H and O–H groups in total. The van der Waals surface area contributed by atoms with Gasteiger partial charge in [0, 0.05) is 12.0 Å². The molecule has 0 spiro atoms. The summed E-state index contributed by atoms with van der Waals surface area (Å²) in [4.78, 5) is 11.3. The highest BCUT2D eigenvalue weighted by atomic mass is 16.4. The second-order valence-electron chi connectivity index (χ2n) is 3.08. The molecule has 1 heterocycles. The number of ketones is 1. The van der Waals surface area contributed by atoms with E-state index in [-0.39, 0.29) is 11.5 Å². The maximum atomic E-state index is 11.3. The fourth-order valence-electron chi connectivity index (χ4n) is 1.53. The highest BCUT2D eigenvalue weighted by molar-refractivity contribution is 6.02. The fourth-order valence-corrected chi connectivity index (χ4v) is 1.53. The molecule has 2 rings (SSSR count). The molecule has 1 saturated carbocycles. The molecule has 0 aliphatic heterocycles. The SMILES string of the molecule is O=C1CCCC1=C(O)c1ccco1. The van der Waals surface area contributed by atoms with E-state index in [2.05, 4.69) is 0 Å². The summed E-state index contributed by atoms with van der Waals surface area (Å²) in [5, 5.41) is 9.64. The van der Waals surface area contributed by atoms with Gasteiger partial charge in [-0.05, 0) is 25.0 Å². The number of hydrogen-bond donors (Lipinski definition) is 1. The van der Waals surface area contributed by atoms with Crippen molar-refractivity contribution in [1.82, 2.24) is 0 Å². The third-order valence-corrected chi connectivity index (χ3v) is 2.21. The van der Waals surface area contributed by atoms with Crippen LogP contribution in [0.2, 0.25) is 0 Å². The second-order valence-corrected chi connectivity index (χ2v) is 3.08. The van der Waals surface area contributed by atoms with Crippen LogP contribution >= 0.6 is 0 Å². The topological polar surface area (TPSA) is 50.4 Å². The van der Waals surface area contributed by atoms with E-state index in [0.717, 1.165) is 6.42 Å². The summed E-state index contributed by atoms with van der Waals surface area (Å²) in [5.41, 5.74) is 0.509. The molecular formula is C10H10O3. The third kappa shape index (κ3) is 1.37. The molecule has 0 atom stereocenters. The van der Waals surface area contributed by atoms with Crippen LogP contribution in [-0.2, 0) is 4.79 Å². The smallest absolute Gasteiger partial charge is 0.168 e. The van der Waals surface area contributed by atoms with E-state index in [0.29, 0.717) is 24.2 Å². The van der Waals surface area contributed by atoms with E-state index in [1.807, 2.05) is 0 Å². The van der Waals surface area contributed by atoms with Crippen molar-refractivity contribution in [3.63, 3.8) is 0 Å². The molecular weight excluding hydrogens is 168 g/mol. The lowest BCUT2D eigenvalue weighted by Gasteiger charge is -1.98. The molecule has 1 aliphatic carbocycles. The predicted octanol–water partition coefficient (Wildman–Crippen LogP) is 2.30. The minimum absolute atomic E-state index is 0.00694. The van der Waals surface area contributed by atoms with Crippen molar-refractivity contribution in [2.24, 2.45) is 0 Å². The second kappa shape index (κ2) is 3.09. The van der Waals surface area contributed by atoms with E-state index in [1.165, 1.54) is 6.26 Å². The number of rotatable bonds is 1. The zero-order valence-electron chi connectivity index (χ0n) is 7.12. The van der Waals surface area contributed by atoms with Gasteiger partial charge < -0.3 is 9.52 Å². The number of allylic oxidation sites excluding steroid dienone is 1. The Morgan fingerprint density at radius 1 is 1.46 bits per heavy atom. The number of Topliss-reactive ketones (excluding diaryl/α,β-unsaturated/α-hetero) is 1. The summed E-state index contributed by atoms with van der Waals surface area (Å²) >= 11 is 0. The Hall–Kier alpha value is -1.51. The number of carbonyl (C=O) groups excluding carboxylic acids is 1. The van der Waals surface area contributed by atoms with Crippen LogP contribution in [0.3, 0.4) is 0 Å². The van der Waals surface area contributed by atoms with Crippen LogP contribution in [0, 0.1) is 0 Å². The predicted molar refractivity (Wildman–Crippen MR) is 47.1 cm³/mol. The molecule has 0 amide bonds. The lowest BCUT2D eigenvalue weighted by molar-refractivity contribution is -0.114. The van der Waals surface area contributed by atoms with E-state index in [9.17, 15) is 9.90 Å². The molecule has 3 nitrogen and oxygen atoms in total. The van der Waals surface area contributed by atoms with Crippen molar-refractivity contribution in [1.29, 1.82) is 0 Å². The first kappa shape index (κ1) is 8.10. The summed E-state index contributed by atoms with van der Waals surface area (Å²) in [6.45, 7) is 0. The van der Waals surface area contributed by atoms with E-state index < -0.39 is 0 Å². The van der Waals surface area contributed by atoms with Crippen molar-refractivity contribution in [3.05, 3.63) is 29.7 Å². The van der Waals surface area contributed by atoms with Gasteiger partial charge in [0.25, 0.3) is 0 Å². The number of aliphatic hydroxyl groups is 1. The standard InChI is InChI=1S/C10H10O3/c11-8-4-1-3-7(8)10(12)9-5-2-6-13-9/h2,5-6,12H,1,3-4H2. The molecule has 13 heavy (non-hydrogen) atoms. The first-order chi connectivity index (χ1) is 6.29. The van der Waals surface area contributed by atoms with Gasteiger partial charge in [0.05, 0.1) is 6.26 Å². The van der Waals surface area contributed by atoms with Gasteiger partial charge in [0.15, 0.2) is 17.3 Å². The quantitative estimate of drug-likeness (QED) is 0.530. The van der Waals surface area contributed by atoms with Gasteiger partial charge in [-0.15, -0.1) is 0 Å². The molecule has 1 fully saturated rings. The highest BCUT2D eigenvalue weighted by Gasteiger charge is 2.22. The molecule has 0 radical (unpaired) electrons. The van der Waals surface area contributed by atoms with E-state index in [1.54, 1.807) is 12.1 Å². The number of aliphatic hydroxyl groups excluding tert-OH is 1. The molecule has 0 saturated heterocycles. The van der Waals surface area contributed by atoms with Gasteiger partial charge in [-0.25, -0.2) is 0 Å². The summed E-state index contributed by atoms with van der Waals surface area (Å²) in [7, 11) is 0. The normalized spacial score (nSPS) is 20.8. The molecule has 0 aromatic carbocycles. The zero-order chi connectivity index (χ0) is 9.26. The fraction of sp³-hybridized carbons (Fsp3) is 0.300. The Morgan fingerprint density at radius 3 is 2.85 bits per heavy atom. The molecule has 0 unspecified atom stereocenters. The summed E-state index contributed by atoms with van der Waals surface area (Å²) < 4.78 is 5.00. The maximum absolute atomic E-state index is 11.3. The minimum atomic E-state index is 0.00694. The lowest BCUT2D eigenvalue weighted by Crippen LogP contribution is -1.96. The number of furan rings is 1. The Kier molecular flexibility index (Phi) is 1.93. The van der Waals surface area contributed by atoms with Crippen LogP contribution in [0.4, 0.5) is 0 Å². The first-order valence-electron chi connectivity index (χ1n) is 4.28. The van der Waals surface area contributed by atoms with Gasteiger partial charge in [0.2, 0.25) is 0 Å². The Bertz CT molecular complexity index is 346. The average Bonchev–Trinajstić information content (AvgIpc) is 2.72. The zero-order valence-corrected chi connectivity index (χ0v) is 7.12. The Labute approximate surface area is 75.7 Å². The molecule has 68 valence electrons. The number of hydrogen-bond acceptors (Lipinski definition) is 3. The monoisotopic (exact) mass is 178 g/mol. The Balaban J connectivity index is 2.38. The largest absolute Gasteiger partial charge is 0.504 e. The van der Waals surface area contributed by atoms with Crippen molar-refractivity contribution in [2.45, 2.75) is 19.3 Å². The van der Waals surface area contributed by atoms with E-state index >= 15 is 0 Å². The van der Waals surface area contributed by atoms with Crippen LogP contribution in [0.5, 0.6) is 0 Å². The van der Waals surface area contributed by atoms with Crippen LogP contribution in [-0.4, -0.2) is 10.9 Å². The van der Waals surface area contributed by atoms with Crippen molar-refractivity contribution >= 4 is 11.5 Å². The van der Waals surface area contributed by atoms with Gasteiger partial charge in [-0.3, -0.25) is 4.79 Å². The Morgan fingerprint density at radius 2 is 2.31 bits per heavy atom. The van der Waals surface area contributed by atoms with E-state index in [4.69, 9.17) is 4.42 Å². The average molecular weight is 178 g/mol. The summed E-state index contributed by atoms with van der Waals surface area (Å²) in [5.74, 6) is 0.423. The van der Waals surface area contributed by atoms with Crippen molar-refractivity contribution < 1.29 is 14.3 Å².